The number of benzene rings is 2. The third-order valence-corrected chi connectivity index (χ3v) is 6.02. The van der Waals surface area contributed by atoms with Crippen molar-refractivity contribution in [1.29, 1.82) is 0 Å². The Morgan fingerprint density at radius 1 is 0.912 bits per heavy atom. The highest BCUT2D eigenvalue weighted by Crippen LogP contribution is 2.34. The molecule has 0 unspecified atom stereocenters. The summed E-state index contributed by atoms with van der Waals surface area (Å²) < 4.78 is 16.2. The highest BCUT2D eigenvalue weighted by atomic mass is 32.1. The number of ether oxygens (including phenoxy) is 3. The van der Waals surface area contributed by atoms with E-state index >= 15 is 0 Å². The van der Waals surface area contributed by atoms with Gasteiger partial charge in [0.15, 0.2) is 0 Å². The summed E-state index contributed by atoms with van der Waals surface area (Å²) in [4.78, 5) is 38.1. The third kappa shape index (κ3) is 6.92. The average molecular weight is 482 g/mol. The van der Waals surface area contributed by atoms with Crippen molar-refractivity contribution in [2.24, 2.45) is 0 Å². The van der Waals surface area contributed by atoms with E-state index in [9.17, 15) is 14.4 Å². The lowest BCUT2D eigenvalue weighted by Crippen LogP contribution is -2.15. The standard InChI is InChI=1S/C26H27NO6S/c1-3-31-25(29)22-18(2)23(26(30)33-17-19-11-6-4-7-12-19)34-24(22)27-21(28)15-10-16-32-20-13-8-5-9-14-20/h4-9,11-14H,3,10,15-17H2,1-2H3,(H,27,28). The van der Waals surface area contributed by atoms with Gasteiger partial charge >= 0.3 is 11.9 Å². The molecule has 1 amide bonds. The van der Waals surface area contributed by atoms with E-state index in [4.69, 9.17) is 14.2 Å². The zero-order valence-electron chi connectivity index (χ0n) is 19.2. The van der Waals surface area contributed by atoms with Gasteiger partial charge in [-0.25, -0.2) is 9.59 Å². The normalized spacial score (nSPS) is 10.4. The first-order valence-electron chi connectivity index (χ1n) is 11.0. The fraction of sp³-hybridized carbons (Fsp3) is 0.269. The van der Waals surface area contributed by atoms with Crippen LogP contribution in [-0.2, 0) is 20.9 Å². The van der Waals surface area contributed by atoms with Crippen LogP contribution in [0.5, 0.6) is 5.75 Å². The number of esters is 2. The molecule has 0 fully saturated rings. The van der Waals surface area contributed by atoms with Crippen LogP contribution in [0.15, 0.2) is 60.7 Å². The first-order valence-corrected chi connectivity index (χ1v) is 11.8. The predicted molar refractivity (Wildman–Crippen MR) is 130 cm³/mol. The Labute approximate surface area is 202 Å². The van der Waals surface area contributed by atoms with E-state index in [0.717, 1.165) is 22.6 Å². The fourth-order valence-corrected chi connectivity index (χ4v) is 4.27. The zero-order chi connectivity index (χ0) is 24.3. The number of amides is 1. The molecule has 0 radical (unpaired) electrons. The lowest BCUT2D eigenvalue weighted by molar-refractivity contribution is -0.116. The van der Waals surface area contributed by atoms with Crippen LogP contribution in [0.1, 0.15) is 50.9 Å². The number of nitrogens with one attached hydrogen (secondary N) is 1. The van der Waals surface area contributed by atoms with Crippen molar-refractivity contribution in [3.05, 3.63) is 82.2 Å². The molecule has 0 aliphatic carbocycles. The molecule has 1 N–H and O–H groups in total. The van der Waals surface area contributed by atoms with Gasteiger partial charge in [0.1, 0.15) is 22.2 Å². The minimum Gasteiger partial charge on any atom is -0.494 e. The van der Waals surface area contributed by atoms with Crippen LogP contribution < -0.4 is 10.1 Å². The van der Waals surface area contributed by atoms with Gasteiger partial charge in [0, 0.05) is 6.42 Å². The van der Waals surface area contributed by atoms with Crippen molar-refractivity contribution in [3.63, 3.8) is 0 Å². The van der Waals surface area contributed by atoms with Crippen molar-refractivity contribution >= 4 is 34.2 Å². The van der Waals surface area contributed by atoms with E-state index < -0.39 is 11.9 Å². The molecule has 3 rings (SSSR count). The molecular formula is C26H27NO6S. The number of rotatable bonds is 11. The van der Waals surface area contributed by atoms with Gasteiger partial charge < -0.3 is 19.5 Å². The number of carbonyl (C=O) groups excluding carboxylic acids is 3. The second-order valence-electron chi connectivity index (χ2n) is 7.36. The molecule has 0 atom stereocenters. The van der Waals surface area contributed by atoms with Crippen LogP contribution in [0.25, 0.3) is 0 Å². The lowest BCUT2D eigenvalue weighted by atomic mass is 10.1. The molecule has 7 nitrogen and oxygen atoms in total. The van der Waals surface area contributed by atoms with Gasteiger partial charge in [0.2, 0.25) is 5.91 Å². The number of thiophene rings is 1. The van der Waals surface area contributed by atoms with Crippen molar-refractivity contribution in [2.45, 2.75) is 33.3 Å². The maximum atomic E-state index is 12.7. The Balaban J connectivity index is 1.65. The summed E-state index contributed by atoms with van der Waals surface area (Å²) in [5.74, 6) is -0.706. The van der Waals surface area contributed by atoms with Gasteiger partial charge in [-0.05, 0) is 43.5 Å². The van der Waals surface area contributed by atoms with E-state index in [-0.39, 0.29) is 41.0 Å². The van der Waals surface area contributed by atoms with Gasteiger partial charge in [-0.15, -0.1) is 11.3 Å². The summed E-state index contributed by atoms with van der Waals surface area (Å²) in [5.41, 5.74) is 1.44. The Hall–Kier alpha value is -3.65. The van der Waals surface area contributed by atoms with E-state index in [1.165, 1.54) is 0 Å². The molecule has 0 aliphatic rings. The quantitative estimate of drug-likeness (QED) is 0.292. The first kappa shape index (κ1) is 25.0. The van der Waals surface area contributed by atoms with Gasteiger partial charge in [-0.3, -0.25) is 4.79 Å². The average Bonchev–Trinajstić information content (AvgIpc) is 3.17. The fourth-order valence-electron chi connectivity index (χ4n) is 3.16. The molecular weight excluding hydrogens is 454 g/mol. The summed E-state index contributed by atoms with van der Waals surface area (Å²) in [6.45, 7) is 3.99. The monoisotopic (exact) mass is 481 g/mol. The maximum Gasteiger partial charge on any atom is 0.349 e. The number of hydrogen-bond acceptors (Lipinski definition) is 7. The molecule has 1 heterocycles. The van der Waals surface area contributed by atoms with E-state index in [0.29, 0.717) is 18.6 Å². The van der Waals surface area contributed by atoms with E-state index in [1.807, 2.05) is 60.7 Å². The van der Waals surface area contributed by atoms with Crippen LogP contribution in [0.2, 0.25) is 0 Å². The van der Waals surface area contributed by atoms with Crippen molar-refractivity contribution in [2.75, 3.05) is 18.5 Å². The van der Waals surface area contributed by atoms with E-state index in [2.05, 4.69) is 5.32 Å². The Morgan fingerprint density at radius 3 is 2.26 bits per heavy atom. The highest BCUT2D eigenvalue weighted by molar-refractivity contribution is 7.18. The highest BCUT2D eigenvalue weighted by Gasteiger charge is 2.27. The summed E-state index contributed by atoms with van der Waals surface area (Å²) in [6.07, 6.45) is 0.686. The summed E-state index contributed by atoms with van der Waals surface area (Å²) in [5, 5.41) is 3.03. The predicted octanol–water partition coefficient (Wildman–Crippen LogP) is 5.39. The van der Waals surface area contributed by atoms with Crippen LogP contribution >= 0.6 is 11.3 Å². The molecule has 3 aromatic rings. The lowest BCUT2D eigenvalue weighted by Gasteiger charge is -2.08. The van der Waals surface area contributed by atoms with Crippen molar-refractivity contribution in [1.82, 2.24) is 0 Å². The van der Waals surface area contributed by atoms with Crippen LogP contribution in [-0.4, -0.2) is 31.1 Å². The molecule has 178 valence electrons. The van der Waals surface area contributed by atoms with Gasteiger partial charge in [-0.1, -0.05) is 48.5 Å². The molecule has 0 spiro atoms. The topological polar surface area (TPSA) is 90.9 Å². The molecule has 0 saturated heterocycles. The second kappa shape index (κ2) is 12.6. The van der Waals surface area contributed by atoms with E-state index in [1.54, 1.807) is 13.8 Å². The Bertz CT molecular complexity index is 1110. The van der Waals surface area contributed by atoms with Gasteiger partial charge in [0.25, 0.3) is 0 Å². The summed E-state index contributed by atoms with van der Waals surface area (Å²) in [7, 11) is 0. The molecule has 2 aromatic carbocycles. The zero-order valence-corrected chi connectivity index (χ0v) is 20.0. The molecule has 34 heavy (non-hydrogen) atoms. The van der Waals surface area contributed by atoms with Crippen molar-refractivity contribution < 1.29 is 28.6 Å². The summed E-state index contributed by atoms with van der Waals surface area (Å²) >= 11 is 1.01. The molecule has 1 aromatic heterocycles. The third-order valence-electron chi connectivity index (χ3n) is 4.84. The number of para-hydroxylation sites is 1. The van der Waals surface area contributed by atoms with Crippen molar-refractivity contribution in [3.8, 4) is 5.75 Å². The minimum atomic E-state index is -0.596. The molecule has 8 heteroatoms. The van der Waals surface area contributed by atoms with Gasteiger partial charge in [-0.2, -0.15) is 0 Å². The SMILES string of the molecule is CCOC(=O)c1c(NC(=O)CCCOc2ccccc2)sc(C(=O)OCc2ccccc2)c1C. The van der Waals surface area contributed by atoms with Crippen LogP contribution in [0, 0.1) is 6.92 Å². The first-order chi connectivity index (χ1) is 16.5. The van der Waals surface area contributed by atoms with Gasteiger partial charge in [0.05, 0.1) is 18.8 Å². The van der Waals surface area contributed by atoms with Crippen LogP contribution in [0.4, 0.5) is 5.00 Å². The molecule has 0 saturated carbocycles. The number of anilines is 1. The maximum absolute atomic E-state index is 12.7. The second-order valence-corrected chi connectivity index (χ2v) is 8.38. The molecule has 0 aliphatic heterocycles. The minimum absolute atomic E-state index is 0.106. The Kier molecular flexibility index (Phi) is 9.22. The smallest absolute Gasteiger partial charge is 0.349 e. The Morgan fingerprint density at radius 2 is 1.59 bits per heavy atom. The number of hydrogen-bond donors (Lipinski definition) is 1. The molecule has 0 bridgehead atoms. The van der Waals surface area contributed by atoms with Crippen LogP contribution in [0.3, 0.4) is 0 Å². The largest absolute Gasteiger partial charge is 0.494 e. The number of carbonyl (C=O) groups is 3. The summed E-state index contributed by atoms with van der Waals surface area (Å²) in [6, 6.07) is 18.6.